The van der Waals surface area contributed by atoms with E-state index in [0.29, 0.717) is 32.4 Å². The first kappa shape index (κ1) is 25.6. The van der Waals surface area contributed by atoms with Crippen LogP contribution in [-0.4, -0.2) is 66.4 Å². The number of aliphatic carboxylic acids is 1. The fourth-order valence-corrected chi connectivity index (χ4v) is 3.91. The molecule has 1 saturated heterocycles. The molecule has 0 aromatic carbocycles. The Morgan fingerprint density at radius 2 is 2.00 bits per heavy atom. The van der Waals surface area contributed by atoms with E-state index in [1.807, 2.05) is 0 Å². The molecule has 0 aliphatic carbocycles. The largest absolute Gasteiger partial charge is 0.520 e. The van der Waals surface area contributed by atoms with Gasteiger partial charge in [0.15, 0.2) is 0 Å². The number of likely N-dealkylation sites (tertiary alicyclic amines) is 1. The van der Waals surface area contributed by atoms with Crippen molar-refractivity contribution in [2.24, 2.45) is 11.1 Å². The molecule has 10 heteroatoms. The zero-order valence-corrected chi connectivity index (χ0v) is 18.3. The van der Waals surface area contributed by atoms with Gasteiger partial charge in [0, 0.05) is 18.4 Å². The van der Waals surface area contributed by atoms with Crippen LogP contribution >= 0.6 is 8.03 Å². The van der Waals surface area contributed by atoms with Gasteiger partial charge in [-0.3, -0.25) is 4.79 Å². The Morgan fingerprint density at radius 3 is 2.62 bits per heavy atom. The predicted octanol–water partition coefficient (Wildman–Crippen LogP) is 2.30. The smallest absolute Gasteiger partial charge is 0.480 e. The van der Waals surface area contributed by atoms with Crippen LogP contribution in [0.3, 0.4) is 0 Å². The van der Waals surface area contributed by atoms with E-state index >= 15 is 0 Å². The Balaban J connectivity index is 2.57. The van der Waals surface area contributed by atoms with Crippen LogP contribution in [0, 0.1) is 5.41 Å². The van der Waals surface area contributed by atoms with Gasteiger partial charge < -0.3 is 25.3 Å². The van der Waals surface area contributed by atoms with Gasteiger partial charge >= 0.3 is 14.0 Å². The normalized spacial score (nSPS) is 18.5. The summed E-state index contributed by atoms with van der Waals surface area (Å²) in [6, 6.07) is -0.867. The summed E-state index contributed by atoms with van der Waals surface area (Å²) in [6.45, 7) is 4.52. The van der Waals surface area contributed by atoms with E-state index in [1.165, 1.54) is 4.90 Å². The highest BCUT2D eigenvalue weighted by Gasteiger charge is 2.39. The highest BCUT2D eigenvalue weighted by Crippen LogP contribution is 2.30. The molecule has 0 radical (unpaired) electrons. The van der Waals surface area contributed by atoms with Crippen molar-refractivity contribution < 1.29 is 33.3 Å². The number of carbonyl (C=O) groups excluding carboxylic acids is 2. The third-order valence-electron chi connectivity index (χ3n) is 4.71. The molecule has 1 heterocycles. The van der Waals surface area contributed by atoms with Crippen LogP contribution in [0.25, 0.3) is 0 Å². The van der Waals surface area contributed by atoms with Crippen molar-refractivity contribution in [2.45, 2.75) is 71.1 Å². The van der Waals surface area contributed by atoms with Crippen molar-refractivity contribution in [2.75, 3.05) is 25.9 Å². The fraction of sp³-hybridized carbons (Fsp3) is 0.842. The number of nitrogens with two attached hydrogens (primary N) is 1. The Hall–Kier alpha value is -1.41. The maximum Gasteiger partial charge on any atom is 0.520 e. The third kappa shape index (κ3) is 9.76. The van der Waals surface area contributed by atoms with Gasteiger partial charge in [0.25, 0.3) is 12.1 Å². The Labute approximate surface area is 173 Å². The van der Waals surface area contributed by atoms with Crippen molar-refractivity contribution in [3.63, 3.8) is 0 Å². The number of hydrogen-bond acceptors (Lipinski definition) is 7. The van der Waals surface area contributed by atoms with Gasteiger partial charge in [0.2, 0.25) is 6.29 Å². The van der Waals surface area contributed by atoms with Crippen molar-refractivity contribution in [1.29, 1.82) is 0 Å². The number of unbranched alkanes of at least 4 members (excludes halogenated alkanes) is 3. The average molecular weight is 433 g/mol. The number of carboxylic acid groups (broad SMARTS) is 1. The minimum atomic E-state index is -2.36. The van der Waals surface area contributed by atoms with Gasteiger partial charge in [-0.1, -0.05) is 26.7 Å². The number of carbonyl (C=O) groups is 3. The van der Waals surface area contributed by atoms with E-state index in [2.05, 4.69) is 0 Å². The zero-order chi connectivity index (χ0) is 21.9. The standard InChI is InChI=1S/C19H33N2O7P/c1-19(2,13-22)14-27-17(9-5-3-4-6-10-20)28-29(26)12-16(23)21-11-7-8-15(21)18(24)25/h13,15,17H,3-12,14,20H2,1-2H3/p+1/t15-,17?/m0/s1. The minimum Gasteiger partial charge on any atom is -0.480 e. The number of rotatable bonds is 15. The van der Waals surface area contributed by atoms with Crippen molar-refractivity contribution in [3.8, 4) is 0 Å². The summed E-state index contributed by atoms with van der Waals surface area (Å²) < 4.78 is 23.5. The summed E-state index contributed by atoms with van der Waals surface area (Å²) in [5, 5.41) is 9.19. The zero-order valence-electron chi connectivity index (χ0n) is 17.4. The monoisotopic (exact) mass is 433 g/mol. The second kappa shape index (κ2) is 13.0. The molecule has 29 heavy (non-hydrogen) atoms. The Kier molecular flexibility index (Phi) is 11.5. The number of amides is 1. The molecule has 0 bridgehead atoms. The molecule has 0 spiro atoms. The first-order valence-corrected chi connectivity index (χ1v) is 11.5. The molecule has 3 N–H and O–H groups in total. The molecule has 166 valence electrons. The van der Waals surface area contributed by atoms with Crippen LogP contribution in [0.15, 0.2) is 0 Å². The van der Waals surface area contributed by atoms with Crippen LogP contribution in [-0.2, 0) is 28.2 Å². The lowest BCUT2D eigenvalue weighted by Gasteiger charge is -2.21. The van der Waals surface area contributed by atoms with Gasteiger partial charge in [0.05, 0.1) is 6.61 Å². The van der Waals surface area contributed by atoms with Crippen molar-refractivity contribution in [3.05, 3.63) is 0 Å². The Bertz CT molecular complexity index is 571. The van der Waals surface area contributed by atoms with E-state index < -0.39 is 37.7 Å². The summed E-state index contributed by atoms with van der Waals surface area (Å²) in [4.78, 5) is 35.9. The number of ether oxygens (including phenoxy) is 1. The van der Waals surface area contributed by atoms with Gasteiger partial charge in [-0.05, 0) is 36.8 Å². The van der Waals surface area contributed by atoms with Crippen molar-refractivity contribution in [1.82, 2.24) is 4.90 Å². The van der Waals surface area contributed by atoms with Crippen LogP contribution in [0.2, 0.25) is 0 Å². The van der Waals surface area contributed by atoms with E-state index in [9.17, 15) is 24.1 Å². The molecule has 1 amide bonds. The molecular formula is C19H34N2O7P+. The summed E-state index contributed by atoms with van der Waals surface area (Å²) >= 11 is 0. The Morgan fingerprint density at radius 1 is 1.31 bits per heavy atom. The van der Waals surface area contributed by atoms with Crippen LogP contribution in [0.4, 0.5) is 0 Å². The van der Waals surface area contributed by atoms with E-state index in [1.54, 1.807) is 13.8 Å². The first-order valence-electron chi connectivity index (χ1n) is 10.1. The molecule has 1 aliphatic rings. The lowest BCUT2D eigenvalue weighted by Crippen LogP contribution is -2.41. The van der Waals surface area contributed by atoms with E-state index in [0.717, 1.165) is 32.0 Å². The predicted molar refractivity (Wildman–Crippen MR) is 108 cm³/mol. The number of nitrogens with zero attached hydrogens (tertiary/aromatic N) is 1. The topological polar surface area (TPSA) is 136 Å². The van der Waals surface area contributed by atoms with Crippen LogP contribution < -0.4 is 5.73 Å². The van der Waals surface area contributed by atoms with Gasteiger partial charge in [-0.25, -0.2) is 4.79 Å². The second-order valence-corrected chi connectivity index (χ2v) is 9.21. The maximum atomic E-state index is 12.4. The summed E-state index contributed by atoms with van der Waals surface area (Å²) in [6.07, 6.45) is 4.68. The lowest BCUT2D eigenvalue weighted by molar-refractivity contribution is -0.147. The second-order valence-electron chi connectivity index (χ2n) is 8.02. The minimum absolute atomic E-state index is 0.105. The van der Waals surface area contributed by atoms with Crippen molar-refractivity contribution >= 4 is 26.2 Å². The molecule has 1 aliphatic heterocycles. The quantitative estimate of drug-likeness (QED) is 0.174. The molecule has 9 nitrogen and oxygen atoms in total. The summed E-state index contributed by atoms with van der Waals surface area (Å²) in [7, 11) is -2.36. The average Bonchev–Trinajstić information content (AvgIpc) is 3.16. The highest BCUT2D eigenvalue weighted by molar-refractivity contribution is 7.40. The molecule has 1 rings (SSSR count). The fourth-order valence-electron chi connectivity index (χ4n) is 3.01. The molecule has 0 aromatic heterocycles. The third-order valence-corrected chi connectivity index (χ3v) is 5.71. The summed E-state index contributed by atoms with van der Waals surface area (Å²) in [5.74, 6) is -1.55. The number of carboxylic acids is 1. The molecular weight excluding hydrogens is 399 g/mol. The SMILES string of the molecule is CC(C)(C=O)COC(CCCCCCN)O[P+](=O)CC(=O)N1CCC[C@H]1C(=O)O. The van der Waals surface area contributed by atoms with E-state index in [4.69, 9.17) is 15.0 Å². The first-order chi connectivity index (χ1) is 13.7. The van der Waals surface area contributed by atoms with E-state index in [-0.39, 0.29) is 12.8 Å². The number of hydrogen-bond donors (Lipinski definition) is 2. The van der Waals surface area contributed by atoms with Crippen LogP contribution in [0.1, 0.15) is 58.8 Å². The molecule has 0 saturated carbocycles. The highest BCUT2D eigenvalue weighted by atomic mass is 31.1. The molecule has 1 fully saturated rings. The maximum absolute atomic E-state index is 12.4. The molecule has 0 aromatic rings. The molecule has 2 unspecified atom stereocenters. The van der Waals surface area contributed by atoms with Crippen LogP contribution in [0.5, 0.6) is 0 Å². The number of aldehydes is 1. The van der Waals surface area contributed by atoms with Gasteiger partial charge in [-0.2, -0.15) is 0 Å². The summed E-state index contributed by atoms with van der Waals surface area (Å²) in [5.41, 5.74) is 4.78. The van der Waals surface area contributed by atoms with Gasteiger partial charge in [-0.15, -0.1) is 4.52 Å². The van der Waals surface area contributed by atoms with Gasteiger partial charge in [0.1, 0.15) is 12.3 Å². The molecule has 3 atom stereocenters. The lowest BCUT2D eigenvalue weighted by atomic mass is 9.98.